The molecule has 0 fully saturated rings. The van der Waals surface area contributed by atoms with E-state index in [2.05, 4.69) is 10.6 Å². The predicted octanol–water partition coefficient (Wildman–Crippen LogP) is 1.98. The molecular weight excluding hydrogens is 232 g/mol. The summed E-state index contributed by atoms with van der Waals surface area (Å²) in [5.74, 6) is -0.955. The second kappa shape index (κ2) is 6.64. The van der Waals surface area contributed by atoms with Crippen molar-refractivity contribution in [3.63, 3.8) is 0 Å². The van der Waals surface area contributed by atoms with E-state index in [-0.39, 0.29) is 17.6 Å². The Morgan fingerprint density at radius 2 is 1.89 bits per heavy atom. The van der Waals surface area contributed by atoms with Crippen LogP contribution in [-0.4, -0.2) is 23.1 Å². The molecule has 0 aliphatic heterocycles. The summed E-state index contributed by atoms with van der Waals surface area (Å²) in [7, 11) is 0. The highest BCUT2D eigenvalue weighted by atomic mass is 16.4. The molecule has 18 heavy (non-hydrogen) atoms. The average Bonchev–Trinajstić information content (AvgIpc) is 2.36. The maximum Gasteiger partial charge on any atom is 0.335 e. The van der Waals surface area contributed by atoms with Crippen LogP contribution in [0.25, 0.3) is 0 Å². The maximum absolute atomic E-state index is 11.4. The highest BCUT2D eigenvalue weighted by Crippen LogP contribution is 2.04. The summed E-state index contributed by atoms with van der Waals surface area (Å²) in [6.07, 6.45) is 0.876. The number of nitrogens with one attached hydrogen (secondary N) is 2. The number of carbonyl (C=O) groups excluding carboxylic acids is 1. The fourth-order valence-corrected chi connectivity index (χ4v) is 1.32. The second-order valence-corrected chi connectivity index (χ2v) is 4.14. The topological polar surface area (TPSA) is 78.4 Å². The van der Waals surface area contributed by atoms with E-state index >= 15 is 0 Å². The van der Waals surface area contributed by atoms with Crippen molar-refractivity contribution in [2.45, 2.75) is 32.9 Å². The van der Waals surface area contributed by atoms with Crippen molar-refractivity contribution >= 4 is 12.0 Å². The summed E-state index contributed by atoms with van der Waals surface area (Å²) in [6, 6.07) is 6.34. The van der Waals surface area contributed by atoms with E-state index in [4.69, 9.17) is 5.11 Å². The Hall–Kier alpha value is -2.04. The van der Waals surface area contributed by atoms with Crippen LogP contribution in [0.2, 0.25) is 0 Å². The number of carbonyl (C=O) groups is 2. The molecule has 0 spiro atoms. The first-order valence-electron chi connectivity index (χ1n) is 5.89. The Bertz CT molecular complexity index is 415. The summed E-state index contributed by atoms with van der Waals surface area (Å²) in [5, 5.41) is 14.2. The van der Waals surface area contributed by atoms with E-state index < -0.39 is 5.97 Å². The molecule has 5 nitrogen and oxygen atoms in total. The van der Waals surface area contributed by atoms with E-state index in [0.29, 0.717) is 6.54 Å². The van der Waals surface area contributed by atoms with Gasteiger partial charge in [-0.15, -0.1) is 0 Å². The second-order valence-electron chi connectivity index (χ2n) is 4.14. The Morgan fingerprint density at radius 3 is 2.39 bits per heavy atom. The van der Waals surface area contributed by atoms with Crippen LogP contribution in [0, 0.1) is 0 Å². The summed E-state index contributed by atoms with van der Waals surface area (Å²) < 4.78 is 0. The number of hydrogen-bond donors (Lipinski definition) is 3. The maximum atomic E-state index is 11.4. The largest absolute Gasteiger partial charge is 0.478 e. The van der Waals surface area contributed by atoms with Gasteiger partial charge >= 0.3 is 12.0 Å². The molecule has 1 atom stereocenters. The molecule has 0 aromatic heterocycles. The zero-order chi connectivity index (χ0) is 13.5. The first-order chi connectivity index (χ1) is 8.52. The standard InChI is InChI=1S/C13H18N2O3/c1-3-9(2)15-13(18)14-8-10-4-6-11(7-5-10)12(16)17/h4-7,9H,3,8H2,1-2H3,(H,16,17)(H2,14,15,18). The first-order valence-corrected chi connectivity index (χ1v) is 5.89. The fraction of sp³-hybridized carbons (Fsp3) is 0.385. The van der Waals surface area contributed by atoms with Crippen LogP contribution in [0.15, 0.2) is 24.3 Å². The normalized spacial score (nSPS) is 11.7. The fourth-order valence-electron chi connectivity index (χ4n) is 1.32. The molecule has 3 N–H and O–H groups in total. The van der Waals surface area contributed by atoms with Gasteiger partial charge in [0.2, 0.25) is 0 Å². The summed E-state index contributed by atoms with van der Waals surface area (Å²) in [5.41, 5.74) is 1.10. The molecular formula is C13H18N2O3. The number of aromatic carboxylic acids is 1. The lowest BCUT2D eigenvalue weighted by Crippen LogP contribution is -2.40. The van der Waals surface area contributed by atoms with Gasteiger partial charge in [-0.25, -0.2) is 9.59 Å². The third-order valence-electron chi connectivity index (χ3n) is 2.64. The molecule has 0 radical (unpaired) electrons. The van der Waals surface area contributed by atoms with Gasteiger partial charge in [-0.05, 0) is 31.0 Å². The molecule has 1 aromatic carbocycles. The summed E-state index contributed by atoms with van der Waals surface area (Å²) in [4.78, 5) is 22.1. The number of carboxylic acid groups (broad SMARTS) is 1. The van der Waals surface area contributed by atoms with Gasteiger partial charge < -0.3 is 15.7 Å². The van der Waals surface area contributed by atoms with Crippen molar-refractivity contribution < 1.29 is 14.7 Å². The summed E-state index contributed by atoms with van der Waals surface area (Å²) in [6.45, 7) is 4.30. The minimum atomic E-state index is -0.955. The molecule has 0 aliphatic carbocycles. The third-order valence-corrected chi connectivity index (χ3v) is 2.64. The van der Waals surface area contributed by atoms with Gasteiger partial charge in [-0.2, -0.15) is 0 Å². The van der Waals surface area contributed by atoms with Gasteiger partial charge in [-0.1, -0.05) is 19.1 Å². The molecule has 0 saturated carbocycles. The van der Waals surface area contributed by atoms with Crippen LogP contribution in [0.4, 0.5) is 4.79 Å². The van der Waals surface area contributed by atoms with Gasteiger partial charge in [-0.3, -0.25) is 0 Å². The van der Waals surface area contributed by atoms with Crippen molar-refractivity contribution in [1.82, 2.24) is 10.6 Å². The van der Waals surface area contributed by atoms with Crippen LogP contribution in [0.1, 0.15) is 36.2 Å². The minimum absolute atomic E-state index is 0.138. The van der Waals surface area contributed by atoms with Crippen LogP contribution < -0.4 is 10.6 Å². The van der Waals surface area contributed by atoms with Crippen molar-refractivity contribution in [3.8, 4) is 0 Å². The third kappa shape index (κ3) is 4.45. The van der Waals surface area contributed by atoms with Gasteiger partial charge in [0.1, 0.15) is 0 Å². The Balaban J connectivity index is 2.44. The lowest BCUT2D eigenvalue weighted by atomic mass is 10.1. The van der Waals surface area contributed by atoms with Crippen LogP contribution in [0.3, 0.4) is 0 Å². The lowest BCUT2D eigenvalue weighted by molar-refractivity contribution is 0.0697. The Labute approximate surface area is 106 Å². The lowest BCUT2D eigenvalue weighted by Gasteiger charge is -2.12. The number of urea groups is 1. The van der Waals surface area contributed by atoms with Crippen molar-refractivity contribution in [2.24, 2.45) is 0 Å². The molecule has 1 unspecified atom stereocenters. The smallest absolute Gasteiger partial charge is 0.335 e. The molecule has 0 aliphatic rings. The molecule has 0 saturated heterocycles. The molecule has 1 rings (SSSR count). The molecule has 98 valence electrons. The van der Waals surface area contributed by atoms with E-state index in [0.717, 1.165) is 12.0 Å². The molecule has 0 heterocycles. The molecule has 2 amide bonds. The van der Waals surface area contributed by atoms with E-state index in [1.54, 1.807) is 12.1 Å². The Kier molecular flexibility index (Phi) is 5.17. The van der Waals surface area contributed by atoms with Crippen LogP contribution in [0.5, 0.6) is 0 Å². The first kappa shape index (κ1) is 14.0. The van der Waals surface area contributed by atoms with Gasteiger partial charge in [0.15, 0.2) is 0 Å². The zero-order valence-corrected chi connectivity index (χ0v) is 10.6. The predicted molar refractivity (Wildman–Crippen MR) is 68.5 cm³/mol. The van der Waals surface area contributed by atoms with Crippen LogP contribution in [-0.2, 0) is 6.54 Å². The molecule has 0 bridgehead atoms. The van der Waals surface area contributed by atoms with E-state index in [9.17, 15) is 9.59 Å². The van der Waals surface area contributed by atoms with Crippen molar-refractivity contribution in [2.75, 3.05) is 0 Å². The number of carboxylic acids is 1. The molecule has 5 heteroatoms. The highest BCUT2D eigenvalue weighted by Gasteiger charge is 2.05. The van der Waals surface area contributed by atoms with E-state index in [1.165, 1.54) is 12.1 Å². The molecule has 1 aromatic rings. The van der Waals surface area contributed by atoms with Crippen LogP contribution >= 0.6 is 0 Å². The van der Waals surface area contributed by atoms with Crippen molar-refractivity contribution in [1.29, 1.82) is 0 Å². The number of hydrogen-bond acceptors (Lipinski definition) is 2. The average molecular weight is 250 g/mol. The van der Waals surface area contributed by atoms with Gasteiger partial charge in [0.25, 0.3) is 0 Å². The highest BCUT2D eigenvalue weighted by molar-refractivity contribution is 5.87. The SMILES string of the molecule is CCC(C)NC(=O)NCc1ccc(C(=O)O)cc1. The number of amides is 2. The van der Waals surface area contributed by atoms with Crippen molar-refractivity contribution in [3.05, 3.63) is 35.4 Å². The van der Waals surface area contributed by atoms with Gasteiger partial charge in [0, 0.05) is 12.6 Å². The monoisotopic (exact) mass is 250 g/mol. The quantitative estimate of drug-likeness (QED) is 0.747. The van der Waals surface area contributed by atoms with E-state index in [1.807, 2.05) is 13.8 Å². The summed E-state index contributed by atoms with van der Waals surface area (Å²) >= 11 is 0. The number of benzene rings is 1. The van der Waals surface area contributed by atoms with Gasteiger partial charge in [0.05, 0.1) is 5.56 Å². The Morgan fingerprint density at radius 1 is 1.28 bits per heavy atom. The zero-order valence-electron chi connectivity index (χ0n) is 10.6. The number of rotatable bonds is 5. The minimum Gasteiger partial charge on any atom is -0.478 e.